The average molecular weight is 412 g/mol. The van der Waals surface area contributed by atoms with Crippen LogP contribution in [0.4, 0.5) is 0 Å². The zero-order chi connectivity index (χ0) is 15.6. The molecule has 0 aliphatic rings. The van der Waals surface area contributed by atoms with E-state index in [-0.39, 0.29) is 29.4 Å². The maximum atomic E-state index is 4.75. The predicted octanol–water partition coefficient (Wildman–Crippen LogP) is 3.18. The van der Waals surface area contributed by atoms with Gasteiger partial charge in [0.15, 0.2) is 5.96 Å². The summed E-state index contributed by atoms with van der Waals surface area (Å²) in [6.45, 7) is 14.9. The number of hydrogen-bond donors (Lipinski definition) is 2. The molecule has 0 fully saturated rings. The number of halogens is 1. The van der Waals surface area contributed by atoms with E-state index in [2.05, 4.69) is 64.2 Å². The van der Waals surface area contributed by atoms with Crippen LogP contribution < -0.4 is 10.6 Å². The van der Waals surface area contributed by atoms with Crippen LogP contribution in [0.25, 0.3) is 0 Å². The van der Waals surface area contributed by atoms with Crippen molar-refractivity contribution in [3.63, 3.8) is 0 Å². The van der Waals surface area contributed by atoms with Crippen molar-refractivity contribution < 1.29 is 0 Å². The molecule has 0 radical (unpaired) electrons. The van der Waals surface area contributed by atoms with Crippen molar-refractivity contribution in [3.8, 4) is 0 Å². The molecule has 0 saturated heterocycles. The second-order valence-corrected chi connectivity index (χ2v) is 6.66. The SMILES string of the molecule is CCNC(=NCC(C)(C)CN(C)C)NCC(CC)CC.I. The van der Waals surface area contributed by atoms with Crippen LogP contribution >= 0.6 is 24.0 Å². The van der Waals surface area contributed by atoms with Gasteiger partial charge in [0, 0.05) is 26.2 Å². The third-order valence-electron chi connectivity index (χ3n) is 3.47. The van der Waals surface area contributed by atoms with Gasteiger partial charge in [0.1, 0.15) is 0 Å². The Labute approximate surface area is 149 Å². The van der Waals surface area contributed by atoms with Crippen molar-refractivity contribution in [2.45, 2.75) is 47.5 Å². The van der Waals surface area contributed by atoms with Crippen molar-refractivity contribution in [2.75, 3.05) is 40.3 Å². The predicted molar refractivity (Wildman–Crippen MR) is 106 cm³/mol. The molecule has 0 aromatic rings. The van der Waals surface area contributed by atoms with Gasteiger partial charge >= 0.3 is 0 Å². The van der Waals surface area contributed by atoms with Crippen LogP contribution in [-0.4, -0.2) is 51.1 Å². The number of guanidine groups is 1. The molecule has 4 nitrogen and oxygen atoms in total. The summed E-state index contributed by atoms with van der Waals surface area (Å²) in [5.74, 6) is 1.68. The average Bonchev–Trinajstić information content (AvgIpc) is 2.35. The van der Waals surface area contributed by atoms with Crippen LogP contribution in [0.3, 0.4) is 0 Å². The molecule has 0 aromatic heterocycles. The maximum absolute atomic E-state index is 4.75. The minimum atomic E-state index is 0. The minimum absolute atomic E-state index is 0. The summed E-state index contributed by atoms with van der Waals surface area (Å²) >= 11 is 0. The van der Waals surface area contributed by atoms with E-state index in [1.54, 1.807) is 0 Å². The second kappa shape index (κ2) is 12.5. The lowest BCUT2D eigenvalue weighted by Crippen LogP contribution is -2.41. The summed E-state index contributed by atoms with van der Waals surface area (Å²) in [5.41, 5.74) is 0.195. The fourth-order valence-electron chi connectivity index (χ4n) is 2.36. The van der Waals surface area contributed by atoms with E-state index < -0.39 is 0 Å². The molecule has 128 valence electrons. The number of nitrogens with one attached hydrogen (secondary N) is 2. The highest BCUT2D eigenvalue weighted by molar-refractivity contribution is 14.0. The van der Waals surface area contributed by atoms with Gasteiger partial charge in [-0.1, -0.05) is 40.5 Å². The lowest BCUT2D eigenvalue weighted by molar-refractivity contribution is 0.248. The molecule has 5 heteroatoms. The first-order chi connectivity index (χ1) is 9.34. The van der Waals surface area contributed by atoms with E-state index in [1.807, 2.05) is 0 Å². The fraction of sp³-hybridized carbons (Fsp3) is 0.938. The van der Waals surface area contributed by atoms with Gasteiger partial charge in [0.25, 0.3) is 0 Å². The molecule has 0 aliphatic carbocycles. The Bertz CT molecular complexity index is 273. The second-order valence-electron chi connectivity index (χ2n) is 6.66. The Balaban J connectivity index is 0. The molecule has 2 N–H and O–H groups in total. The number of nitrogens with zero attached hydrogens (tertiary/aromatic N) is 2. The smallest absolute Gasteiger partial charge is 0.191 e. The van der Waals surface area contributed by atoms with Crippen molar-refractivity contribution in [1.82, 2.24) is 15.5 Å². The molecule has 0 rings (SSSR count). The normalized spacial score (nSPS) is 12.5. The highest BCUT2D eigenvalue weighted by atomic mass is 127. The van der Waals surface area contributed by atoms with E-state index in [0.29, 0.717) is 0 Å². The van der Waals surface area contributed by atoms with Gasteiger partial charge in [-0.05, 0) is 32.4 Å². The molecule has 0 aromatic carbocycles. The molecule has 0 atom stereocenters. The lowest BCUT2D eigenvalue weighted by atomic mass is 9.93. The summed E-state index contributed by atoms with van der Waals surface area (Å²) in [6.07, 6.45) is 2.43. The van der Waals surface area contributed by atoms with Crippen LogP contribution in [-0.2, 0) is 0 Å². The summed E-state index contributed by atoms with van der Waals surface area (Å²) in [7, 11) is 4.23. The third-order valence-corrected chi connectivity index (χ3v) is 3.47. The Morgan fingerprint density at radius 1 is 1.10 bits per heavy atom. The Kier molecular flexibility index (Phi) is 13.8. The van der Waals surface area contributed by atoms with E-state index in [4.69, 9.17) is 4.99 Å². The van der Waals surface area contributed by atoms with Crippen molar-refractivity contribution >= 4 is 29.9 Å². The molecule has 0 bridgehead atoms. The van der Waals surface area contributed by atoms with Crippen LogP contribution in [0.15, 0.2) is 4.99 Å². The summed E-state index contributed by atoms with van der Waals surface area (Å²) in [4.78, 5) is 6.97. The molecule has 0 heterocycles. The molecule has 0 unspecified atom stereocenters. The highest BCUT2D eigenvalue weighted by Gasteiger charge is 2.18. The zero-order valence-electron chi connectivity index (χ0n) is 15.1. The molecule has 0 saturated carbocycles. The first kappa shape index (κ1) is 23.2. The van der Waals surface area contributed by atoms with Gasteiger partial charge in [0.05, 0.1) is 0 Å². The first-order valence-electron chi connectivity index (χ1n) is 8.01. The summed E-state index contributed by atoms with van der Waals surface area (Å²) < 4.78 is 0. The molecule has 21 heavy (non-hydrogen) atoms. The quantitative estimate of drug-likeness (QED) is 0.347. The Morgan fingerprint density at radius 3 is 2.10 bits per heavy atom. The van der Waals surface area contributed by atoms with Crippen molar-refractivity contribution in [3.05, 3.63) is 0 Å². The molecule has 0 spiro atoms. The third kappa shape index (κ3) is 12.2. The number of aliphatic imine (C=N–C) groups is 1. The van der Waals surface area contributed by atoms with E-state index in [1.165, 1.54) is 12.8 Å². The summed E-state index contributed by atoms with van der Waals surface area (Å²) in [6, 6.07) is 0. The van der Waals surface area contributed by atoms with Gasteiger partial charge in [-0.15, -0.1) is 24.0 Å². The molecule has 0 amide bonds. The van der Waals surface area contributed by atoms with E-state index in [0.717, 1.165) is 38.1 Å². The summed E-state index contributed by atoms with van der Waals surface area (Å²) in [5, 5.41) is 6.81. The van der Waals surface area contributed by atoms with Gasteiger partial charge in [0.2, 0.25) is 0 Å². The zero-order valence-corrected chi connectivity index (χ0v) is 17.5. The molecular weight excluding hydrogens is 375 g/mol. The maximum Gasteiger partial charge on any atom is 0.191 e. The van der Waals surface area contributed by atoms with E-state index in [9.17, 15) is 0 Å². The largest absolute Gasteiger partial charge is 0.357 e. The van der Waals surface area contributed by atoms with Crippen LogP contribution in [0.5, 0.6) is 0 Å². The van der Waals surface area contributed by atoms with Gasteiger partial charge in [-0.25, -0.2) is 0 Å². The number of hydrogen-bond acceptors (Lipinski definition) is 2. The van der Waals surface area contributed by atoms with Crippen LogP contribution in [0, 0.1) is 11.3 Å². The molecule has 0 aliphatic heterocycles. The number of rotatable bonds is 9. The molecular formula is C16H37IN4. The fourth-order valence-corrected chi connectivity index (χ4v) is 2.36. The first-order valence-corrected chi connectivity index (χ1v) is 8.01. The lowest BCUT2D eigenvalue weighted by Gasteiger charge is -2.27. The highest BCUT2D eigenvalue weighted by Crippen LogP contribution is 2.16. The topological polar surface area (TPSA) is 39.7 Å². The van der Waals surface area contributed by atoms with Gasteiger partial charge in [-0.2, -0.15) is 0 Å². The van der Waals surface area contributed by atoms with Crippen molar-refractivity contribution in [2.24, 2.45) is 16.3 Å². The Hall–Kier alpha value is -0.0400. The van der Waals surface area contributed by atoms with Crippen molar-refractivity contribution in [1.29, 1.82) is 0 Å². The van der Waals surface area contributed by atoms with Gasteiger partial charge < -0.3 is 15.5 Å². The van der Waals surface area contributed by atoms with E-state index >= 15 is 0 Å². The van der Waals surface area contributed by atoms with Crippen LogP contribution in [0.2, 0.25) is 0 Å². The van der Waals surface area contributed by atoms with Crippen LogP contribution in [0.1, 0.15) is 47.5 Å². The standard InChI is InChI=1S/C16H36N4.HI/c1-8-14(9-2)11-18-15(17-10-3)19-12-16(4,5)13-20(6)7;/h14H,8-13H2,1-7H3,(H2,17,18,19);1H. The minimum Gasteiger partial charge on any atom is -0.357 e. The Morgan fingerprint density at radius 2 is 1.67 bits per heavy atom. The monoisotopic (exact) mass is 412 g/mol. The van der Waals surface area contributed by atoms with Gasteiger partial charge in [-0.3, -0.25) is 4.99 Å².